The maximum atomic E-state index is 13.4. The van der Waals surface area contributed by atoms with Crippen LogP contribution in [0.1, 0.15) is 21.5 Å². The molecule has 0 aliphatic carbocycles. The third-order valence-electron chi connectivity index (χ3n) is 5.87. The highest BCUT2D eigenvalue weighted by Crippen LogP contribution is 2.33. The lowest BCUT2D eigenvalue weighted by atomic mass is 10.1. The van der Waals surface area contributed by atoms with Gasteiger partial charge in [-0.2, -0.15) is 27.4 Å². The van der Waals surface area contributed by atoms with Gasteiger partial charge >= 0.3 is 6.18 Å². The van der Waals surface area contributed by atoms with Crippen LogP contribution in [0.15, 0.2) is 71.4 Å². The minimum absolute atomic E-state index is 0.0475. The van der Waals surface area contributed by atoms with Gasteiger partial charge in [0.1, 0.15) is 5.52 Å². The number of amides is 1. The number of benzene rings is 2. The molecule has 0 unspecified atom stereocenters. The lowest BCUT2D eigenvalue weighted by Gasteiger charge is -2.10. The van der Waals surface area contributed by atoms with E-state index in [0.717, 1.165) is 12.1 Å². The number of fused-ring (bicyclic) bond motifs is 3. The van der Waals surface area contributed by atoms with E-state index in [1.54, 1.807) is 42.1 Å². The molecule has 3 heterocycles. The summed E-state index contributed by atoms with van der Waals surface area (Å²) < 4.78 is 58.3. The van der Waals surface area contributed by atoms with Crippen molar-refractivity contribution in [3.05, 3.63) is 83.7 Å². The largest absolute Gasteiger partial charge is 0.416 e. The molecule has 0 aliphatic rings. The van der Waals surface area contributed by atoms with E-state index in [1.165, 1.54) is 29.2 Å². The Hall–Kier alpha value is -4.10. The summed E-state index contributed by atoms with van der Waals surface area (Å²) in [5, 5.41) is 18.7. The summed E-state index contributed by atoms with van der Waals surface area (Å²) in [4.78, 5) is 18.4. The van der Waals surface area contributed by atoms with E-state index in [4.69, 9.17) is 0 Å². The first kappa shape index (κ1) is 25.5. The normalized spacial score (nSPS) is 13.6. The predicted octanol–water partition coefficient (Wildman–Crippen LogP) is 4.13. The van der Waals surface area contributed by atoms with Crippen LogP contribution in [0.5, 0.6) is 0 Å². The van der Waals surface area contributed by atoms with E-state index >= 15 is 0 Å². The van der Waals surface area contributed by atoms with Crippen molar-refractivity contribution in [3.8, 4) is 5.69 Å². The van der Waals surface area contributed by atoms with Crippen molar-refractivity contribution in [1.29, 1.82) is 0 Å². The SMILES string of the molecule is Cn1nc2c3cc(C(=O)N=[S@@](=O)(CCO)Cc4cccnc4)ccc3n(-c3ccc(C(F)(F)F)cc3)c2n1. The third-order valence-corrected chi connectivity index (χ3v) is 7.98. The van der Waals surface area contributed by atoms with Gasteiger partial charge in [-0.05, 0) is 54.1 Å². The summed E-state index contributed by atoms with van der Waals surface area (Å²) in [6.07, 6.45) is -1.37. The highest BCUT2D eigenvalue weighted by atomic mass is 32.2. The van der Waals surface area contributed by atoms with E-state index in [0.29, 0.717) is 33.3 Å². The smallest absolute Gasteiger partial charge is 0.395 e. The topological polar surface area (TPSA) is 115 Å². The van der Waals surface area contributed by atoms with Crippen molar-refractivity contribution in [3.63, 3.8) is 0 Å². The van der Waals surface area contributed by atoms with Crippen molar-refractivity contribution in [1.82, 2.24) is 24.5 Å². The maximum absolute atomic E-state index is 13.4. The van der Waals surface area contributed by atoms with Crippen LogP contribution in [0.2, 0.25) is 0 Å². The van der Waals surface area contributed by atoms with Crippen LogP contribution < -0.4 is 0 Å². The number of halogens is 3. The zero-order valence-corrected chi connectivity index (χ0v) is 20.8. The quantitative estimate of drug-likeness (QED) is 0.345. The van der Waals surface area contributed by atoms with E-state index in [2.05, 4.69) is 19.5 Å². The molecule has 2 aromatic carbocycles. The lowest BCUT2D eigenvalue weighted by Crippen LogP contribution is -2.15. The van der Waals surface area contributed by atoms with Gasteiger partial charge in [-0.1, -0.05) is 6.07 Å². The molecule has 0 fully saturated rings. The number of hydrogen-bond acceptors (Lipinski definition) is 6. The van der Waals surface area contributed by atoms with Crippen LogP contribution in [0.25, 0.3) is 27.8 Å². The number of aliphatic hydroxyl groups excluding tert-OH is 1. The van der Waals surface area contributed by atoms with Gasteiger partial charge in [0, 0.05) is 36.1 Å². The number of aromatic nitrogens is 5. The van der Waals surface area contributed by atoms with Gasteiger partial charge in [0.25, 0.3) is 5.91 Å². The molecule has 1 N–H and O–H groups in total. The Morgan fingerprint density at radius 1 is 1.11 bits per heavy atom. The second kappa shape index (κ2) is 9.65. The van der Waals surface area contributed by atoms with Gasteiger partial charge in [0.05, 0.1) is 38.9 Å². The Morgan fingerprint density at radius 2 is 1.87 bits per heavy atom. The van der Waals surface area contributed by atoms with Crippen molar-refractivity contribution in [2.24, 2.45) is 11.4 Å². The predicted molar refractivity (Wildman–Crippen MR) is 135 cm³/mol. The standard InChI is InChI=1S/C25H21F3N6O3S/c1-33-30-22-20-13-17(24(36)32-38(37,12-11-35)15-16-3-2-10-29-14-16)4-9-21(20)34(23(22)31-33)19-7-5-18(6-8-19)25(26,27)28/h2-10,13-14,35H,11-12,15H2,1H3/t38-/m1/s1. The van der Waals surface area contributed by atoms with Gasteiger partial charge < -0.3 is 5.11 Å². The van der Waals surface area contributed by atoms with Crippen molar-refractivity contribution >= 4 is 37.7 Å². The number of nitrogens with zero attached hydrogens (tertiary/aromatic N) is 6. The zero-order chi connectivity index (χ0) is 27.1. The maximum Gasteiger partial charge on any atom is 0.416 e. The Morgan fingerprint density at radius 3 is 2.53 bits per heavy atom. The van der Waals surface area contributed by atoms with Crippen LogP contribution in [0.4, 0.5) is 13.2 Å². The fourth-order valence-corrected chi connectivity index (χ4v) is 5.88. The van der Waals surface area contributed by atoms with E-state index in [9.17, 15) is 27.3 Å². The summed E-state index contributed by atoms with van der Waals surface area (Å²) in [6.45, 7) is -0.412. The molecule has 38 heavy (non-hydrogen) atoms. The van der Waals surface area contributed by atoms with Crippen molar-refractivity contribution in [2.45, 2.75) is 11.9 Å². The molecule has 196 valence electrons. The minimum Gasteiger partial charge on any atom is -0.395 e. The van der Waals surface area contributed by atoms with Gasteiger partial charge in [-0.15, -0.1) is 5.10 Å². The molecule has 0 radical (unpaired) electrons. The van der Waals surface area contributed by atoms with E-state index in [-0.39, 0.29) is 17.1 Å². The van der Waals surface area contributed by atoms with Crippen LogP contribution in [-0.4, -0.2) is 52.1 Å². The molecule has 3 aromatic heterocycles. The number of aliphatic hydroxyl groups is 1. The second-order valence-electron chi connectivity index (χ2n) is 8.58. The van der Waals surface area contributed by atoms with Crippen molar-refractivity contribution in [2.75, 3.05) is 12.4 Å². The monoisotopic (exact) mass is 542 g/mol. The molecule has 0 saturated heterocycles. The average Bonchev–Trinajstić information content (AvgIpc) is 3.38. The summed E-state index contributed by atoms with van der Waals surface area (Å²) >= 11 is 0. The molecule has 9 nitrogen and oxygen atoms in total. The molecule has 0 spiro atoms. The van der Waals surface area contributed by atoms with Crippen LogP contribution in [0.3, 0.4) is 0 Å². The summed E-state index contributed by atoms with van der Waals surface area (Å²) in [5.41, 5.74) is 1.82. The Labute approximate surface area is 214 Å². The fraction of sp³-hybridized carbons (Fsp3) is 0.200. The number of carbonyl (C=O) groups is 1. The van der Waals surface area contributed by atoms with Crippen LogP contribution >= 0.6 is 0 Å². The molecule has 0 saturated carbocycles. The van der Waals surface area contributed by atoms with Crippen LogP contribution in [-0.2, 0) is 28.7 Å². The number of aryl methyl sites for hydroxylation is 1. The highest BCUT2D eigenvalue weighted by molar-refractivity contribution is 7.93. The molecule has 0 aliphatic heterocycles. The number of carbonyl (C=O) groups excluding carboxylic acids is 1. The van der Waals surface area contributed by atoms with Gasteiger partial charge in [0.2, 0.25) is 0 Å². The average molecular weight is 543 g/mol. The first-order valence-corrected chi connectivity index (χ1v) is 13.2. The van der Waals surface area contributed by atoms with Crippen molar-refractivity contribution < 1.29 is 27.3 Å². The number of rotatable bonds is 6. The van der Waals surface area contributed by atoms with Gasteiger partial charge in [0.15, 0.2) is 5.65 Å². The van der Waals surface area contributed by atoms with E-state index < -0.39 is 34.0 Å². The first-order valence-electron chi connectivity index (χ1n) is 11.4. The molecule has 1 amide bonds. The molecule has 5 aromatic rings. The molecule has 5 rings (SSSR count). The molecular weight excluding hydrogens is 521 g/mol. The summed E-state index contributed by atoms with van der Waals surface area (Å²) in [6, 6.07) is 12.7. The Balaban J connectivity index is 1.59. The Kier molecular flexibility index (Phi) is 6.49. The van der Waals surface area contributed by atoms with E-state index in [1.807, 2.05) is 0 Å². The number of alkyl halides is 3. The Bertz CT molecular complexity index is 1770. The van der Waals surface area contributed by atoms with Gasteiger partial charge in [-0.25, -0.2) is 4.21 Å². The molecule has 13 heteroatoms. The summed E-state index contributed by atoms with van der Waals surface area (Å²) in [5.74, 6) is -0.962. The fourth-order valence-electron chi connectivity index (χ4n) is 4.19. The number of pyridine rings is 1. The lowest BCUT2D eigenvalue weighted by molar-refractivity contribution is -0.137. The van der Waals surface area contributed by atoms with Gasteiger partial charge in [-0.3, -0.25) is 14.3 Å². The molecular formula is C25H21F3N6O3S. The second-order valence-corrected chi connectivity index (χ2v) is 11.0. The molecule has 1 atom stereocenters. The minimum atomic E-state index is -4.47. The molecule has 0 bridgehead atoms. The highest BCUT2D eigenvalue weighted by Gasteiger charge is 2.30. The zero-order valence-electron chi connectivity index (χ0n) is 20.0. The van der Waals surface area contributed by atoms with Crippen LogP contribution in [0, 0.1) is 0 Å². The first-order chi connectivity index (χ1) is 18.1. The summed E-state index contributed by atoms with van der Waals surface area (Å²) in [7, 11) is -1.52. The third kappa shape index (κ3) is 4.89. The number of hydrogen-bond donors (Lipinski definition) is 1.